The third kappa shape index (κ3) is 3.05. The van der Waals surface area contributed by atoms with E-state index >= 15 is 0 Å². The number of benzene rings is 2. The molecular formula is C20H17N5O4S. The summed E-state index contributed by atoms with van der Waals surface area (Å²) in [6, 6.07) is 14.2. The lowest BCUT2D eigenvalue weighted by atomic mass is 10.1. The molecule has 5 rings (SSSR count). The van der Waals surface area contributed by atoms with Crippen LogP contribution in [-0.4, -0.2) is 50.5 Å². The molecule has 2 aliphatic heterocycles. The van der Waals surface area contributed by atoms with Gasteiger partial charge >= 0.3 is 0 Å². The molecule has 0 fully saturated rings. The van der Waals surface area contributed by atoms with Gasteiger partial charge < -0.3 is 15.3 Å². The smallest absolute Gasteiger partial charge is 0.261 e. The van der Waals surface area contributed by atoms with Crippen molar-refractivity contribution >= 4 is 23.6 Å². The van der Waals surface area contributed by atoms with Crippen molar-refractivity contribution in [2.45, 2.75) is 11.3 Å². The highest BCUT2D eigenvalue weighted by Gasteiger charge is 2.35. The van der Waals surface area contributed by atoms with Crippen molar-refractivity contribution in [3.05, 3.63) is 65.5 Å². The van der Waals surface area contributed by atoms with Crippen molar-refractivity contribution in [2.24, 2.45) is 0 Å². The van der Waals surface area contributed by atoms with Gasteiger partial charge in [0.1, 0.15) is 6.61 Å². The van der Waals surface area contributed by atoms with Crippen molar-refractivity contribution in [1.82, 2.24) is 19.8 Å². The minimum absolute atomic E-state index is 0.246. The molecule has 2 amide bonds. The largest absolute Gasteiger partial charge is 0.485 e. The zero-order chi connectivity index (χ0) is 20.7. The van der Waals surface area contributed by atoms with Crippen LogP contribution in [0.5, 0.6) is 11.5 Å². The van der Waals surface area contributed by atoms with Crippen molar-refractivity contribution in [3.8, 4) is 11.5 Å². The molecule has 0 radical (unpaired) electrons. The lowest BCUT2D eigenvalue weighted by Gasteiger charge is -2.25. The molecule has 1 aromatic heterocycles. The molecule has 2 aromatic carbocycles. The maximum absolute atomic E-state index is 12.4. The minimum Gasteiger partial charge on any atom is -0.485 e. The van der Waals surface area contributed by atoms with E-state index < -0.39 is 6.10 Å². The first-order valence-electron chi connectivity index (χ1n) is 9.30. The number of nitrogens with zero attached hydrogens (tertiary/aromatic N) is 4. The predicted octanol–water partition coefficient (Wildman–Crippen LogP) is 1.89. The number of hydrogen-bond donors (Lipinski definition) is 1. The maximum atomic E-state index is 12.4. The van der Waals surface area contributed by atoms with E-state index in [0.717, 1.165) is 0 Å². The molecule has 3 aromatic rings. The summed E-state index contributed by atoms with van der Waals surface area (Å²) in [6.07, 6.45) is -0.483. The van der Waals surface area contributed by atoms with Gasteiger partial charge in [0.15, 0.2) is 23.4 Å². The highest BCUT2D eigenvalue weighted by Crippen LogP contribution is 2.35. The van der Waals surface area contributed by atoms with E-state index in [1.54, 1.807) is 24.3 Å². The highest BCUT2D eigenvalue weighted by molar-refractivity contribution is 7.99. The zero-order valence-corrected chi connectivity index (χ0v) is 16.5. The fourth-order valence-electron chi connectivity index (χ4n) is 3.42. The second-order valence-corrected chi connectivity index (χ2v) is 7.79. The summed E-state index contributed by atoms with van der Waals surface area (Å²) in [5, 5.41) is 8.72. The molecule has 152 valence electrons. The number of nitrogen functional groups attached to an aromatic ring is 1. The van der Waals surface area contributed by atoms with Crippen LogP contribution in [0.25, 0.3) is 0 Å². The van der Waals surface area contributed by atoms with E-state index in [2.05, 4.69) is 10.2 Å². The summed E-state index contributed by atoms with van der Waals surface area (Å²) < 4.78 is 13.0. The number of fused-ring (bicyclic) bond motifs is 2. The molecular weight excluding hydrogens is 406 g/mol. The van der Waals surface area contributed by atoms with Gasteiger partial charge in [-0.15, -0.1) is 10.2 Å². The van der Waals surface area contributed by atoms with Crippen molar-refractivity contribution < 1.29 is 19.1 Å². The quantitative estimate of drug-likeness (QED) is 0.376. The molecule has 0 bridgehead atoms. The monoisotopic (exact) mass is 423 g/mol. The average molecular weight is 423 g/mol. The molecule has 30 heavy (non-hydrogen) atoms. The Morgan fingerprint density at radius 2 is 1.67 bits per heavy atom. The van der Waals surface area contributed by atoms with Gasteiger partial charge in [-0.3, -0.25) is 14.5 Å². The zero-order valence-electron chi connectivity index (χ0n) is 15.7. The third-order valence-corrected chi connectivity index (χ3v) is 5.83. The van der Waals surface area contributed by atoms with Crippen molar-refractivity contribution in [2.75, 3.05) is 24.7 Å². The second kappa shape index (κ2) is 7.38. The Morgan fingerprint density at radius 3 is 2.40 bits per heavy atom. The summed E-state index contributed by atoms with van der Waals surface area (Å²) in [4.78, 5) is 26.1. The third-order valence-electron chi connectivity index (χ3n) is 4.91. The number of amides is 2. The number of imide groups is 1. The molecule has 0 spiro atoms. The van der Waals surface area contributed by atoms with Gasteiger partial charge in [0, 0.05) is 12.3 Å². The molecule has 1 atom stereocenters. The first-order chi connectivity index (χ1) is 14.6. The fraction of sp³-hybridized carbons (Fsp3) is 0.200. The van der Waals surface area contributed by atoms with Gasteiger partial charge in [-0.1, -0.05) is 36.0 Å². The van der Waals surface area contributed by atoms with E-state index in [1.807, 2.05) is 24.3 Å². The van der Waals surface area contributed by atoms with Crippen LogP contribution in [0, 0.1) is 0 Å². The van der Waals surface area contributed by atoms with E-state index in [0.29, 0.717) is 39.4 Å². The Hall–Kier alpha value is -3.53. The first-order valence-corrected chi connectivity index (χ1v) is 10.3. The second-order valence-electron chi connectivity index (χ2n) is 6.73. The number of hydrogen-bond acceptors (Lipinski definition) is 8. The van der Waals surface area contributed by atoms with Crippen LogP contribution in [0.1, 0.15) is 32.6 Å². The van der Waals surface area contributed by atoms with Gasteiger partial charge in [0.2, 0.25) is 5.16 Å². The van der Waals surface area contributed by atoms with E-state index in [4.69, 9.17) is 15.3 Å². The van der Waals surface area contributed by atoms with Gasteiger partial charge in [0.25, 0.3) is 11.8 Å². The summed E-state index contributed by atoms with van der Waals surface area (Å²) in [5.41, 5.74) is 0.873. The number of ether oxygens (including phenoxy) is 2. The summed E-state index contributed by atoms with van der Waals surface area (Å²) in [5.74, 6) is 7.77. The van der Waals surface area contributed by atoms with Crippen molar-refractivity contribution in [3.63, 3.8) is 0 Å². The highest BCUT2D eigenvalue weighted by atomic mass is 32.2. The number of carbonyl (C=O) groups excluding carboxylic acids is 2. The van der Waals surface area contributed by atoms with Crippen LogP contribution in [0.15, 0.2) is 53.7 Å². The molecule has 0 saturated heterocycles. The van der Waals surface area contributed by atoms with Gasteiger partial charge in [0.05, 0.1) is 11.1 Å². The topological polar surface area (TPSA) is 113 Å². The number of aromatic nitrogens is 3. The molecule has 3 heterocycles. The average Bonchev–Trinajstić information content (AvgIpc) is 3.26. The van der Waals surface area contributed by atoms with Crippen LogP contribution in [0.3, 0.4) is 0 Å². The van der Waals surface area contributed by atoms with Crippen LogP contribution >= 0.6 is 11.8 Å². The lowest BCUT2D eigenvalue weighted by molar-refractivity contribution is 0.0664. The van der Waals surface area contributed by atoms with Gasteiger partial charge in [-0.2, -0.15) is 0 Å². The number of thioether (sulfide) groups is 1. The minimum atomic E-state index is -0.483. The van der Waals surface area contributed by atoms with E-state index in [-0.39, 0.29) is 25.0 Å². The van der Waals surface area contributed by atoms with E-state index in [9.17, 15) is 9.59 Å². The van der Waals surface area contributed by atoms with Crippen molar-refractivity contribution in [1.29, 1.82) is 0 Å². The van der Waals surface area contributed by atoms with Crippen LogP contribution in [-0.2, 0) is 0 Å². The molecule has 0 saturated carbocycles. The number of carbonyl (C=O) groups is 2. The summed E-state index contributed by atoms with van der Waals surface area (Å²) in [7, 11) is 0. The van der Waals surface area contributed by atoms with Gasteiger partial charge in [-0.05, 0) is 24.3 Å². The summed E-state index contributed by atoms with van der Waals surface area (Å²) >= 11 is 1.31. The molecule has 10 heteroatoms. The molecule has 2 aliphatic rings. The van der Waals surface area contributed by atoms with Crippen LogP contribution in [0.4, 0.5) is 0 Å². The maximum Gasteiger partial charge on any atom is 0.261 e. The van der Waals surface area contributed by atoms with Gasteiger partial charge in [-0.25, -0.2) is 4.68 Å². The normalized spacial score (nSPS) is 17.3. The van der Waals surface area contributed by atoms with Crippen LogP contribution in [0.2, 0.25) is 0 Å². The molecule has 1 unspecified atom stereocenters. The Morgan fingerprint density at radius 1 is 1.00 bits per heavy atom. The molecule has 9 nitrogen and oxygen atoms in total. The Labute approximate surface area is 175 Å². The fourth-order valence-corrected chi connectivity index (χ4v) is 4.21. The first kappa shape index (κ1) is 18.5. The molecule has 2 N–H and O–H groups in total. The standard InChI is InChI=1S/C20H17N5O4S/c21-25-17(16-11-28-14-7-3-4-8-15(14)29-16)22-23-20(25)30-10-9-24-18(26)12-5-1-2-6-13(12)19(24)27/h1-8,16H,9-11,21H2. The number of para-hydroxylation sites is 2. The van der Waals surface area contributed by atoms with E-state index in [1.165, 1.54) is 21.3 Å². The predicted molar refractivity (Wildman–Crippen MR) is 108 cm³/mol. The Balaban J connectivity index is 1.23. The number of nitrogens with two attached hydrogens (primary N) is 1. The van der Waals surface area contributed by atoms with Crippen LogP contribution < -0.4 is 15.3 Å². The Kier molecular flexibility index (Phi) is 4.55. The molecule has 0 aliphatic carbocycles. The lowest BCUT2D eigenvalue weighted by Crippen LogP contribution is -2.32. The number of rotatable bonds is 5. The summed E-state index contributed by atoms with van der Waals surface area (Å²) in [6.45, 7) is 0.516. The Bertz CT molecular complexity index is 1110. The SMILES string of the molecule is Nn1c(SCCN2C(=O)c3ccccc3C2=O)nnc1C1COc2ccccc2O1.